The highest BCUT2D eigenvalue weighted by molar-refractivity contribution is 6.16. The molecule has 3 heterocycles. The first kappa shape index (κ1) is 36.4. The summed E-state index contributed by atoms with van der Waals surface area (Å²) in [5, 5.41) is 13.6. The number of hydrogen-bond donors (Lipinski definition) is 3. The largest absolute Gasteiger partial charge is 0.456 e. The minimum absolute atomic E-state index is 0.0506. The summed E-state index contributed by atoms with van der Waals surface area (Å²) in [5.41, 5.74) is 16.2. The minimum Gasteiger partial charge on any atom is -0.456 e. The van der Waals surface area contributed by atoms with Crippen molar-refractivity contribution in [1.82, 2.24) is 16.0 Å². The third-order valence-electron chi connectivity index (χ3n) is 11.8. The number of rotatable bonds is 8. The number of fused-ring (bicyclic) bond motifs is 3. The van der Waals surface area contributed by atoms with Gasteiger partial charge in [0.2, 0.25) is 0 Å². The lowest BCUT2D eigenvalue weighted by Crippen LogP contribution is -2.39. The minimum atomic E-state index is -0.208. The molecule has 9 aromatic rings. The second-order valence-electron chi connectivity index (χ2n) is 15.6. The molecule has 0 radical (unpaired) electrons. The van der Waals surface area contributed by atoms with Crippen LogP contribution in [0.4, 0.5) is 0 Å². The fourth-order valence-electron chi connectivity index (χ4n) is 8.76. The van der Waals surface area contributed by atoms with Crippen molar-refractivity contribution in [3.05, 3.63) is 252 Å². The fraction of sp³-hybridized carbons (Fsp3) is 0.0536. The Morgan fingerprint density at radius 2 is 1.02 bits per heavy atom. The molecule has 2 aliphatic heterocycles. The van der Waals surface area contributed by atoms with Crippen LogP contribution in [0.25, 0.3) is 55.6 Å². The van der Waals surface area contributed by atoms with Gasteiger partial charge in [0, 0.05) is 27.7 Å². The van der Waals surface area contributed by atoms with E-state index in [1.807, 2.05) is 18.2 Å². The monoisotopic (exact) mass is 786 g/mol. The van der Waals surface area contributed by atoms with Crippen LogP contribution in [0.5, 0.6) is 0 Å². The summed E-state index contributed by atoms with van der Waals surface area (Å²) < 4.78 is 6.47. The summed E-state index contributed by atoms with van der Waals surface area (Å²) in [6.07, 6.45) is 4.15. The Balaban J connectivity index is 0.967. The molecule has 0 bridgehead atoms. The number of furan rings is 1. The van der Waals surface area contributed by atoms with Gasteiger partial charge in [0.15, 0.2) is 0 Å². The van der Waals surface area contributed by atoms with Gasteiger partial charge in [-0.3, -0.25) is 10.3 Å². The van der Waals surface area contributed by atoms with Gasteiger partial charge in [0.25, 0.3) is 0 Å². The van der Waals surface area contributed by atoms with Gasteiger partial charge in [-0.1, -0.05) is 194 Å². The lowest BCUT2D eigenvalue weighted by Gasteiger charge is -2.33. The van der Waals surface area contributed by atoms with Gasteiger partial charge in [-0.2, -0.15) is 0 Å². The Hall–Kier alpha value is -7.73. The average Bonchev–Trinajstić information content (AvgIpc) is 3.73. The number of hydrogen-bond acceptors (Lipinski definition) is 5. The maximum Gasteiger partial charge on any atom is 0.145 e. The molecular formula is C56H42N4O. The van der Waals surface area contributed by atoms with Gasteiger partial charge in [0.1, 0.15) is 23.5 Å². The number of allylic oxidation sites excluding steroid dienone is 1. The third-order valence-corrected chi connectivity index (χ3v) is 11.8. The first-order valence-electron chi connectivity index (χ1n) is 20.9. The molecule has 3 atom stereocenters. The number of aliphatic imine (C=N–C) groups is 1. The van der Waals surface area contributed by atoms with Crippen molar-refractivity contribution in [3.8, 4) is 22.3 Å². The highest BCUT2D eigenvalue weighted by Gasteiger charge is 2.25. The molecular weight excluding hydrogens is 745 g/mol. The maximum atomic E-state index is 6.47. The first-order valence-corrected chi connectivity index (χ1v) is 20.9. The van der Waals surface area contributed by atoms with E-state index < -0.39 is 0 Å². The standard InChI is InChI=1S/C56H42N4O/c1-5-15-38(16-6-1)47-35-48(39-17-7-2-8-18-39)59-56(58-47)44-31-25-37(26-32-44)45-33-34-52-54(46-23-13-14-24-51(46)61-52)53(45)42-29-27-41(28-30-42)50-36-49(40-19-9-3-10-20-40)57-55(60-50)43-21-11-4-12-22-43/h1-36,47,55-56,58-60H. The van der Waals surface area contributed by atoms with Gasteiger partial charge < -0.3 is 15.1 Å². The molecule has 0 saturated carbocycles. The van der Waals surface area contributed by atoms with Crippen molar-refractivity contribution in [3.63, 3.8) is 0 Å². The quantitative estimate of drug-likeness (QED) is 0.144. The fourth-order valence-corrected chi connectivity index (χ4v) is 8.76. The van der Waals surface area contributed by atoms with Crippen molar-refractivity contribution < 1.29 is 4.42 Å². The van der Waals surface area contributed by atoms with Gasteiger partial charge in [0.05, 0.1) is 11.8 Å². The molecule has 8 aromatic carbocycles. The first-order chi connectivity index (χ1) is 30.2. The topological polar surface area (TPSA) is 61.6 Å². The highest BCUT2D eigenvalue weighted by atomic mass is 16.3. The van der Waals surface area contributed by atoms with E-state index in [1.54, 1.807) is 0 Å². The smallest absolute Gasteiger partial charge is 0.145 e. The van der Waals surface area contributed by atoms with E-state index in [2.05, 4.69) is 216 Å². The molecule has 61 heavy (non-hydrogen) atoms. The van der Waals surface area contributed by atoms with Crippen LogP contribution in [-0.2, 0) is 0 Å². The lowest BCUT2D eigenvalue weighted by molar-refractivity contribution is 0.443. The van der Waals surface area contributed by atoms with E-state index >= 15 is 0 Å². The molecule has 3 unspecified atom stereocenters. The van der Waals surface area contributed by atoms with Gasteiger partial charge in [-0.15, -0.1) is 0 Å². The number of para-hydroxylation sites is 1. The summed E-state index contributed by atoms with van der Waals surface area (Å²) in [6.45, 7) is 0. The predicted molar refractivity (Wildman–Crippen MR) is 250 cm³/mol. The molecule has 3 N–H and O–H groups in total. The number of benzene rings is 8. The van der Waals surface area contributed by atoms with Gasteiger partial charge in [-0.05, 0) is 74.4 Å². The number of nitrogens with one attached hydrogen (secondary N) is 3. The van der Waals surface area contributed by atoms with Crippen LogP contribution in [-0.4, -0.2) is 5.71 Å². The van der Waals surface area contributed by atoms with Crippen molar-refractivity contribution in [2.24, 2.45) is 4.99 Å². The highest BCUT2D eigenvalue weighted by Crippen LogP contribution is 2.43. The van der Waals surface area contributed by atoms with E-state index in [0.29, 0.717) is 0 Å². The molecule has 0 amide bonds. The Labute approximate surface area is 355 Å². The molecule has 5 nitrogen and oxygen atoms in total. The van der Waals surface area contributed by atoms with E-state index in [-0.39, 0.29) is 18.4 Å². The molecule has 0 aliphatic carbocycles. The second-order valence-corrected chi connectivity index (χ2v) is 15.6. The summed E-state index contributed by atoms with van der Waals surface area (Å²) in [7, 11) is 0. The average molecular weight is 787 g/mol. The summed E-state index contributed by atoms with van der Waals surface area (Å²) in [4.78, 5) is 5.14. The van der Waals surface area contributed by atoms with Crippen LogP contribution in [0.2, 0.25) is 0 Å². The molecule has 5 heteroatoms. The van der Waals surface area contributed by atoms with Crippen LogP contribution in [0.1, 0.15) is 51.8 Å². The zero-order valence-corrected chi connectivity index (χ0v) is 33.4. The predicted octanol–water partition coefficient (Wildman–Crippen LogP) is 13.0. The Bertz CT molecular complexity index is 3080. The van der Waals surface area contributed by atoms with E-state index in [4.69, 9.17) is 9.41 Å². The Morgan fingerprint density at radius 3 is 1.74 bits per heavy atom. The van der Waals surface area contributed by atoms with Crippen LogP contribution in [0, 0.1) is 0 Å². The summed E-state index contributed by atoms with van der Waals surface area (Å²) in [5.74, 6) is 0. The van der Waals surface area contributed by atoms with Gasteiger partial charge in [-0.25, -0.2) is 0 Å². The van der Waals surface area contributed by atoms with Crippen LogP contribution >= 0.6 is 0 Å². The molecule has 0 saturated heterocycles. The Morgan fingerprint density at radius 1 is 0.426 bits per heavy atom. The van der Waals surface area contributed by atoms with E-state index in [0.717, 1.165) is 83.6 Å². The molecule has 1 aromatic heterocycles. The summed E-state index contributed by atoms with van der Waals surface area (Å²) in [6, 6.07) is 72.7. The molecule has 11 rings (SSSR count). The SMILES string of the molecule is C1=C(c2ccc(-c3c(-c4ccc(C5NC(c6ccccc6)=CC(c6ccccc6)N5)cc4)ccc4oc5ccccc5c34)cc2)NC(c2ccccc2)N=C1c1ccccc1. The lowest BCUT2D eigenvalue weighted by atomic mass is 9.89. The van der Waals surface area contributed by atoms with Crippen LogP contribution in [0.3, 0.4) is 0 Å². The van der Waals surface area contributed by atoms with Crippen molar-refractivity contribution in [2.45, 2.75) is 18.4 Å². The van der Waals surface area contributed by atoms with Crippen molar-refractivity contribution in [2.75, 3.05) is 0 Å². The zero-order valence-electron chi connectivity index (χ0n) is 33.4. The van der Waals surface area contributed by atoms with Crippen LogP contribution < -0.4 is 16.0 Å². The second kappa shape index (κ2) is 15.8. The summed E-state index contributed by atoms with van der Waals surface area (Å²) >= 11 is 0. The van der Waals surface area contributed by atoms with Crippen LogP contribution in [0.15, 0.2) is 228 Å². The van der Waals surface area contributed by atoms with Crippen molar-refractivity contribution in [1.29, 1.82) is 0 Å². The number of nitrogens with zero attached hydrogens (tertiary/aromatic N) is 1. The normalized spacial score (nSPS) is 17.5. The zero-order chi connectivity index (χ0) is 40.5. The molecule has 292 valence electrons. The molecule has 0 spiro atoms. The Kier molecular flexibility index (Phi) is 9.41. The molecule has 0 fully saturated rings. The van der Waals surface area contributed by atoms with E-state index in [9.17, 15) is 0 Å². The van der Waals surface area contributed by atoms with Crippen molar-refractivity contribution >= 4 is 39.0 Å². The maximum absolute atomic E-state index is 6.47. The third kappa shape index (κ3) is 7.11. The van der Waals surface area contributed by atoms with Gasteiger partial charge >= 0.3 is 0 Å². The van der Waals surface area contributed by atoms with E-state index in [1.165, 1.54) is 11.1 Å². The molecule has 2 aliphatic rings.